The molecule has 0 radical (unpaired) electrons. The zero-order valence-corrected chi connectivity index (χ0v) is 15.8. The molecule has 142 valence electrons. The fourth-order valence-electron chi connectivity index (χ4n) is 3.38. The van der Waals surface area contributed by atoms with E-state index in [-0.39, 0.29) is 6.03 Å². The maximum atomic E-state index is 12.7. The Morgan fingerprint density at radius 2 is 2.00 bits per heavy atom. The first-order valence-electron chi connectivity index (χ1n) is 8.79. The molecule has 1 aliphatic rings. The molecule has 0 aliphatic carbocycles. The molecular weight excluding hydrogens is 374 g/mol. The predicted molar refractivity (Wildman–Crippen MR) is 110 cm³/mol. The molecule has 0 spiro atoms. The lowest BCUT2D eigenvalue weighted by Crippen LogP contribution is -2.38. The van der Waals surface area contributed by atoms with Gasteiger partial charge in [-0.1, -0.05) is 18.2 Å². The number of fused-ring (bicyclic) bond motifs is 1. The summed E-state index contributed by atoms with van der Waals surface area (Å²) >= 11 is 1.39. The van der Waals surface area contributed by atoms with Crippen LogP contribution in [0.25, 0.3) is 11.1 Å². The van der Waals surface area contributed by atoms with E-state index in [1.54, 1.807) is 35.5 Å². The molecule has 7 nitrogen and oxygen atoms in total. The number of nitrogens with zero attached hydrogens (tertiary/aromatic N) is 2. The number of nitrogens with one attached hydrogen (secondary N) is 1. The largest absolute Gasteiger partial charge is 0.398 e. The normalized spacial score (nSPS) is 13.1. The minimum atomic E-state index is -0.482. The highest BCUT2D eigenvalue weighted by atomic mass is 32.1. The molecule has 3 amide bonds. The fourth-order valence-corrected chi connectivity index (χ4v) is 4.55. The number of anilines is 2. The summed E-state index contributed by atoms with van der Waals surface area (Å²) in [7, 11) is 0. The number of benzene rings is 1. The lowest BCUT2D eigenvalue weighted by molar-refractivity contribution is 0.100. The van der Waals surface area contributed by atoms with Gasteiger partial charge in [0.05, 0.1) is 11.9 Å². The number of aromatic nitrogens is 1. The third-order valence-corrected chi connectivity index (χ3v) is 6.01. The number of para-hydroxylation sites is 1. The van der Waals surface area contributed by atoms with Gasteiger partial charge >= 0.3 is 6.03 Å². The Kier molecular flexibility index (Phi) is 4.70. The van der Waals surface area contributed by atoms with E-state index in [1.165, 1.54) is 11.3 Å². The SMILES string of the molecule is NC(=O)c1sc2c(c1-c1ccccc1N)CN(C(=O)Nc1cccnc1)CC2. The number of nitrogen functional groups attached to an aromatic ring is 1. The van der Waals surface area contributed by atoms with Crippen molar-refractivity contribution in [2.75, 3.05) is 17.6 Å². The Bertz CT molecular complexity index is 1050. The number of pyridine rings is 1. The summed E-state index contributed by atoms with van der Waals surface area (Å²) in [6, 6.07) is 10.7. The van der Waals surface area contributed by atoms with Crippen molar-refractivity contribution in [3.63, 3.8) is 0 Å². The van der Waals surface area contributed by atoms with Gasteiger partial charge in [-0.3, -0.25) is 9.78 Å². The van der Waals surface area contributed by atoms with Crippen LogP contribution in [0.5, 0.6) is 0 Å². The number of hydrogen-bond donors (Lipinski definition) is 3. The minimum Gasteiger partial charge on any atom is -0.398 e. The average Bonchev–Trinajstić information content (AvgIpc) is 3.08. The van der Waals surface area contributed by atoms with Crippen molar-refractivity contribution < 1.29 is 9.59 Å². The molecule has 5 N–H and O–H groups in total. The summed E-state index contributed by atoms with van der Waals surface area (Å²) in [6.07, 6.45) is 3.91. The molecule has 8 heteroatoms. The van der Waals surface area contributed by atoms with Gasteiger partial charge in [-0.2, -0.15) is 0 Å². The molecular formula is C20H19N5O2S. The summed E-state index contributed by atoms with van der Waals surface area (Å²) in [5.41, 5.74) is 15.5. The molecule has 0 atom stereocenters. The first-order chi connectivity index (χ1) is 13.5. The quantitative estimate of drug-likeness (QED) is 0.593. The smallest absolute Gasteiger partial charge is 0.322 e. The number of urea groups is 1. The Hall–Kier alpha value is -3.39. The lowest BCUT2D eigenvalue weighted by atomic mass is 9.95. The topological polar surface area (TPSA) is 114 Å². The summed E-state index contributed by atoms with van der Waals surface area (Å²) in [5.74, 6) is -0.482. The van der Waals surface area contributed by atoms with Gasteiger partial charge in [0.25, 0.3) is 5.91 Å². The second-order valence-electron chi connectivity index (χ2n) is 6.50. The second kappa shape index (κ2) is 7.32. The molecule has 4 rings (SSSR count). The lowest BCUT2D eigenvalue weighted by Gasteiger charge is -2.28. The maximum absolute atomic E-state index is 12.7. The van der Waals surface area contributed by atoms with Crippen molar-refractivity contribution in [1.82, 2.24) is 9.88 Å². The molecule has 0 unspecified atom stereocenters. The van der Waals surface area contributed by atoms with Crippen LogP contribution in [0.2, 0.25) is 0 Å². The summed E-state index contributed by atoms with van der Waals surface area (Å²) in [6.45, 7) is 0.941. The van der Waals surface area contributed by atoms with E-state index in [2.05, 4.69) is 10.3 Å². The van der Waals surface area contributed by atoms with Crippen LogP contribution in [-0.4, -0.2) is 28.4 Å². The second-order valence-corrected chi connectivity index (χ2v) is 7.61. The van der Waals surface area contributed by atoms with Gasteiger partial charge < -0.3 is 21.7 Å². The van der Waals surface area contributed by atoms with Gasteiger partial charge in [0.2, 0.25) is 0 Å². The van der Waals surface area contributed by atoms with Crippen molar-refractivity contribution in [1.29, 1.82) is 0 Å². The first-order valence-corrected chi connectivity index (χ1v) is 9.61. The zero-order valence-electron chi connectivity index (χ0n) is 15.0. The number of hydrogen-bond acceptors (Lipinski definition) is 5. The van der Waals surface area contributed by atoms with E-state index in [4.69, 9.17) is 11.5 Å². The third-order valence-electron chi connectivity index (χ3n) is 4.70. The maximum Gasteiger partial charge on any atom is 0.322 e. The number of nitrogens with two attached hydrogens (primary N) is 2. The fraction of sp³-hybridized carbons (Fsp3) is 0.150. The highest BCUT2D eigenvalue weighted by Gasteiger charge is 2.29. The van der Waals surface area contributed by atoms with Crippen molar-refractivity contribution >= 4 is 34.6 Å². The molecule has 1 aromatic carbocycles. The number of carbonyl (C=O) groups is 2. The number of primary amides is 1. The number of rotatable bonds is 3. The van der Waals surface area contributed by atoms with E-state index >= 15 is 0 Å². The molecule has 3 aromatic rings. The van der Waals surface area contributed by atoms with Crippen molar-refractivity contribution in [2.45, 2.75) is 13.0 Å². The van der Waals surface area contributed by atoms with E-state index in [1.807, 2.05) is 18.2 Å². The van der Waals surface area contributed by atoms with E-state index < -0.39 is 5.91 Å². The molecule has 3 heterocycles. The van der Waals surface area contributed by atoms with Crippen molar-refractivity contribution in [3.05, 3.63) is 64.1 Å². The first kappa shape index (κ1) is 18.0. The Balaban J connectivity index is 1.69. The van der Waals surface area contributed by atoms with E-state index in [0.717, 1.165) is 21.6 Å². The standard InChI is InChI=1S/C20H19N5O2S/c21-15-6-2-1-5-13(15)17-14-11-25(9-7-16(14)28-18(17)19(22)26)20(27)24-12-4-3-8-23-10-12/h1-6,8,10H,7,9,11,21H2,(H2,22,26)(H,24,27). The van der Waals surface area contributed by atoms with Crippen LogP contribution in [0.3, 0.4) is 0 Å². The molecule has 0 bridgehead atoms. The zero-order chi connectivity index (χ0) is 19.7. The number of carbonyl (C=O) groups excluding carboxylic acids is 2. The summed E-state index contributed by atoms with van der Waals surface area (Å²) < 4.78 is 0. The minimum absolute atomic E-state index is 0.211. The third kappa shape index (κ3) is 3.29. The van der Waals surface area contributed by atoms with Crippen LogP contribution in [0.4, 0.5) is 16.2 Å². The number of amides is 3. The Labute approximate surface area is 166 Å². The van der Waals surface area contributed by atoms with Gasteiger partial charge in [0.1, 0.15) is 4.88 Å². The highest BCUT2D eigenvalue weighted by molar-refractivity contribution is 7.14. The molecule has 0 saturated carbocycles. The Morgan fingerprint density at radius 1 is 1.18 bits per heavy atom. The molecule has 2 aromatic heterocycles. The number of thiophene rings is 1. The van der Waals surface area contributed by atoms with Crippen LogP contribution in [0.15, 0.2) is 48.8 Å². The van der Waals surface area contributed by atoms with Gasteiger partial charge in [0, 0.05) is 41.0 Å². The van der Waals surface area contributed by atoms with Gasteiger partial charge in [0.15, 0.2) is 0 Å². The van der Waals surface area contributed by atoms with Crippen LogP contribution in [0, 0.1) is 0 Å². The predicted octanol–water partition coefficient (Wildman–Crippen LogP) is 3.08. The van der Waals surface area contributed by atoms with Crippen LogP contribution in [-0.2, 0) is 13.0 Å². The van der Waals surface area contributed by atoms with E-state index in [0.29, 0.717) is 35.8 Å². The highest BCUT2D eigenvalue weighted by Crippen LogP contribution is 2.41. The van der Waals surface area contributed by atoms with Crippen molar-refractivity contribution in [2.24, 2.45) is 5.73 Å². The summed E-state index contributed by atoms with van der Waals surface area (Å²) in [4.78, 5) is 32.1. The van der Waals surface area contributed by atoms with Crippen molar-refractivity contribution in [3.8, 4) is 11.1 Å². The molecule has 1 aliphatic heterocycles. The van der Waals surface area contributed by atoms with Crippen LogP contribution >= 0.6 is 11.3 Å². The van der Waals surface area contributed by atoms with Crippen LogP contribution in [0.1, 0.15) is 20.1 Å². The Morgan fingerprint density at radius 3 is 2.71 bits per heavy atom. The van der Waals surface area contributed by atoms with Gasteiger partial charge in [-0.25, -0.2) is 4.79 Å². The van der Waals surface area contributed by atoms with Crippen LogP contribution < -0.4 is 16.8 Å². The monoisotopic (exact) mass is 393 g/mol. The molecule has 0 fully saturated rings. The average molecular weight is 393 g/mol. The molecule has 28 heavy (non-hydrogen) atoms. The summed E-state index contributed by atoms with van der Waals surface area (Å²) in [5, 5.41) is 2.85. The molecule has 0 saturated heterocycles. The van der Waals surface area contributed by atoms with Gasteiger partial charge in [-0.05, 0) is 30.2 Å². The van der Waals surface area contributed by atoms with Gasteiger partial charge in [-0.15, -0.1) is 11.3 Å². The van der Waals surface area contributed by atoms with E-state index in [9.17, 15) is 9.59 Å².